The molecule has 0 bridgehead atoms. The fourth-order valence-corrected chi connectivity index (χ4v) is 4.67. The van der Waals surface area contributed by atoms with Gasteiger partial charge in [0.2, 0.25) is 5.91 Å². The van der Waals surface area contributed by atoms with Crippen molar-refractivity contribution in [2.24, 2.45) is 0 Å². The lowest BCUT2D eigenvalue weighted by Gasteiger charge is -2.25. The van der Waals surface area contributed by atoms with Gasteiger partial charge in [0.05, 0.1) is 22.0 Å². The number of nitrogens with one attached hydrogen (secondary N) is 1. The summed E-state index contributed by atoms with van der Waals surface area (Å²) in [5.74, 6) is -0.556. The second kappa shape index (κ2) is 9.80. The molecule has 0 saturated carbocycles. The number of halogens is 4. The molecular formula is C22H19ClF3N3O3S. The van der Waals surface area contributed by atoms with Gasteiger partial charge in [-0.15, -0.1) is 0 Å². The Morgan fingerprint density at radius 1 is 1.06 bits per heavy atom. The predicted molar refractivity (Wildman–Crippen MR) is 118 cm³/mol. The van der Waals surface area contributed by atoms with Crippen molar-refractivity contribution < 1.29 is 26.4 Å². The van der Waals surface area contributed by atoms with Gasteiger partial charge in [0, 0.05) is 19.7 Å². The number of carbonyl (C=O) groups excluding carboxylic acids is 1. The molecule has 0 unspecified atom stereocenters. The molecule has 0 fully saturated rings. The van der Waals surface area contributed by atoms with Crippen LogP contribution in [-0.4, -0.2) is 19.3 Å². The Bertz CT molecular complexity index is 1240. The number of anilines is 1. The van der Waals surface area contributed by atoms with Crippen LogP contribution < -0.4 is 9.62 Å². The Labute approximate surface area is 194 Å². The third-order valence-electron chi connectivity index (χ3n) is 4.61. The van der Waals surface area contributed by atoms with E-state index in [-0.39, 0.29) is 29.7 Å². The third-order valence-corrected chi connectivity index (χ3v) is 6.64. The molecule has 0 aliphatic rings. The molecule has 3 rings (SSSR count). The first kappa shape index (κ1) is 24.5. The first-order valence-corrected chi connectivity index (χ1v) is 11.4. The summed E-state index contributed by atoms with van der Waals surface area (Å²) < 4.78 is 67.0. The number of hydrogen-bond donors (Lipinski definition) is 1. The molecular weight excluding hydrogens is 479 g/mol. The molecule has 6 nitrogen and oxygen atoms in total. The number of nitrogens with zero attached hydrogens (tertiary/aromatic N) is 2. The molecule has 3 aromatic rings. The van der Waals surface area contributed by atoms with E-state index in [1.165, 1.54) is 31.2 Å². The van der Waals surface area contributed by atoms with E-state index in [1.807, 2.05) is 0 Å². The van der Waals surface area contributed by atoms with E-state index in [2.05, 4.69) is 10.3 Å². The predicted octanol–water partition coefficient (Wildman–Crippen LogP) is 4.79. The van der Waals surface area contributed by atoms with Gasteiger partial charge in [-0.05, 0) is 29.3 Å². The Hall–Kier alpha value is -3.11. The highest BCUT2D eigenvalue weighted by Crippen LogP contribution is 2.35. The summed E-state index contributed by atoms with van der Waals surface area (Å²) in [6.07, 6.45) is -4.13. The summed E-state index contributed by atoms with van der Waals surface area (Å²) in [4.78, 5) is 14.7. The Kier molecular flexibility index (Phi) is 7.28. The van der Waals surface area contributed by atoms with Crippen molar-refractivity contribution in [2.45, 2.75) is 31.1 Å². The van der Waals surface area contributed by atoms with Crippen LogP contribution >= 0.6 is 11.6 Å². The molecule has 2 aromatic carbocycles. The summed E-state index contributed by atoms with van der Waals surface area (Å²) in [6, 6.07) is 14.9. The van der Waals surface area contributed by atoms with Gasteiger partial charge in [-0.25, -0.2) is 17.7 Å². The quantitative estimate of drug-likeness (QED) is 0.509. The molecule has 1 amide bonds. The molecule has 0 saturated heterocycles. The lowest BCUT2D eigenvalue weighted by molar-refractivity contribution is -0.137. The van der Waals surface area contributed by atoms with Crippen LogP contribution in [0, 0.1) is 0 Å². The molecule has 0 aliphatic heterocycles. The van der Waals surface area contributed by atoms with Gasteiger partial charge in [-0.1, -0.05) is 54.1 Å². The molecule has 0 aliphatic carbocycles. The van der Waals surface area contributed by atoms with E-state index in [0.29, 0.717) is 23.4 Å². The number of benzene rings is 2. The van der Waals surface area contributed by atoms with Gasteiger partial charge in [0.1, 0.15) is 0 Å². The monoisotopic (exact) mass is 497 g/mol. The average Bonchev–Trinajstić information content (AvgIpc) is 2.76. The number of pyridine rings is 1. The first-order chi connectivity index (χ1) is 15.5. The minimum absolute atomic E-state index is 0.109. The van der Waals surface area contributed by atoms with Gasteiger partial charge < -0.3 is 5.32 Å². The molecule has 1 aromatic heterocycles. The summed E-state index contributed by atoms with van der Waals surface area (Å²) in [5, 5.41) is 2.16. The van der Waals surface area contributed by atoms with Crippen LogP contribution in [0.25, 0.3) is 0 Å². The van der Waals surface area contributed by atoms with E-state index in [9.17, 15) is 26.4 Å². The van der Waals surface area contributed by atoms with Crippen molar-refractivity contribution in [2.75, 3.05) is 4.31 Å². The van der Waals surface area contributed by atoms with Crippen molar-refractivity contribution in [3.8, 4) is 0 Å². The normalized spacial score (nSPS) is 11.8. The van der Waals surface area contributed by atoms with Crippen molar-refractivity contribution in [3.05, 3.63) is 88.6 Å². The molecule has 0 atom stereocenters. The fraction of sp³-hybridized carbons (Fsp3) is 0.182. The number of amides is 1. The maximum Gasteiger partial charge on any atom is 0.417 e. The van der Waals surface area contributed by atoms with Crippen LogP contribution in [0.1, 0.15) is 23.6 Å². The lowest BCUT2D eigenvalue weighted by atomic mass is 10.2. The highest BCUT2D eigenvalue weighted by molar-refractivity contribution is 7.92. The van der Waals surface area contributed by atoms with E-state index in [1.54, 1.807) is 30.3 Å². The molecule has 11 heteroatoms. The van der Waals surface area contributed by atoms with Crippen molar-refractivity contribution >= 4 is 33.3 Å². The Morgan fingerprint density at radius 3 is 2.24 bits per heavy atom. The number of aromatic nitrogens is 1. The minimum atomic E-state index is -4.68. The Morgan fingerprint density at radius 2 is 1.70 bits per heavy atom. The zero-order valence-electron chi connectivity index (χ0n) is 17.3. The van der Waals surface area contributed by atoms with Crippen molar-refractivity contribution in [1.29, 1.82) is 0 Å². The van der Waals surface area contributed by atoms with E-state index >= 15 is 0 Å². The smallest absolute Gasteiger partial charge is 0.352 e. The zero-order valence-corrected chi connectivity index (χ0v) is 18.9. The first-order valence-electron chi connectivity index (χ1n) is 9.61. The lowest BCUT2D eigenvalue weighted by Crippen LogP contribution is -2.32. The molecule has 0 radical (unpaired) electrons. The topological polar surface area (TPSA) is 79.4 Å². The number of sulfonamides is 1. The molecule has 174 valence electrons. The number of carbonyl (C=O) groups is 1. The standard InChI is InChI=1S/C22H19ClF3N3O3S/c1-15(30)27-12-16-7-9-19(10-8-16)33(31,32)29(14-17-5-3-2-4-6-17)21-20(23)11-18(13-28-21)22(24,25)26/h2-11,13H,12,14H2,1H3,(H,27,30). The number of alkyl halides is 3. The van der Waals surface area contributed by atoms with Crippen LogP contribution in [-0.2, 0) is 34.1 Å². The van der Waals surface area contributed by atoms with Crippen LogP contribution in [0.4, 0.5) is 19.0 Å². The van der Waals surface area contributed by atoms with Crippen LogP contribution in [0.2, 0.25) is 5.02 Å². The largest absolute Gasteiger partial charge is 0.417 e. The summed E-state index contributed by atoms with van der Waals surface area (Å²) in [6.45, 7) is 1.38. The average molecular weight is 498 g/mol. The maximum absolute atomic E-state index is 13.5. The van der Waals surface area contributed by atoms with Gasteiger partial charge in [0.25, 0.3) is 10.0 Å². The van der Waals surface area contributed by atoms with Gasteiger partial charge in [-0.2, -0.15) is 13.2 Å². The van der Waals surface area contributed by atoms with Crippen LogP contribution in [0.15, 0.2) is 71.8 Å². The van der Waals surface area contributed by atoms with Crippen LogP contribution in [0.5, 0.6) is 0 Å². The van der Waals surface area contributed by atoms with Gasteiger partial charge >= 0.3 is 6.18 Å². The van der Waals surface area contributed by atoms with Gasteiger partial charge in [-0.3, -0.25) is 4.79 Å². The SMILES string of the molecule is CC(=O)NCc1ccc(S(=O)(=O)N(Cc2ccccc2)c2ncc(C(F)(F)F)cc2Cl)cc1. The maximum atomic E-state index is 13.5. The summed E-state index contributed by atoms with van der Waals surface area (Å²) in [7, 11) is -4.25. The molecule has 0 spiro atoms. The molecule has 1 heterocycles. The van der Waals surface area contributed by atoms with E-state index in [0.717, 1.165) is 4.31 Å². The van der Waals surface area contributed by atoms with Gasteiger partial charge in [0.15, 0.2) is 5.82 Å². The number of hydrogen-bond acceptors (Lipinski definition) is 4. The second-order valence-corrected chi connectivity index (χ2v) is 9.35. The zero-order chi connectivity index (χ0) is 24.2. The highest BCUT2D eigenvalue weighted by Gasteiger charge is 2.34. The third kappa shape index (κ3) is 6.02. The highest BCUT2D eigenvalue weighted by atomic mass is 35.5. The van der Waals surface area contributed by atoms with E-state index < -0.39 is 26.8 Å². The second-order valence-electron chi connectivity index (χ2n) is 7.08. The van der Waals surface area contributed by atoms with Crippen molar-refractivity contribution in [1.82, 2.24) is 10.3 Å². The fourth-order valence-electron chi connectivity index (χ4n) is 2.93. The van der Waals surface area contributed by atoms with E-state index in [4.69, 9.17) is 11.6 Å². The minimum Gasteiger partial charge on any atom is -0.352 e. The summed E-state index contributed by atoms with van der Waals surface area (Å²) in [5.41, 5.74) is 0.168. The molecule has 1 N–H and O–H groups in total. The van der Waals surface area contributed by atoms with Crippen molar-refractivity contribution in [3.63, 3.8) is 0 Å². The van der Waals surface area contributed by atoms with Crippen LogP contribution in [0.3, 0.4) is 0 Å². The summed E-state index contributed by atoms with van der Waals surface area (Å²) >= 11 is 6.08. The Balaban J connectivity index is 2.03. The number of rotatable bonds is 7. The molecule has 33 heavy (non-hydrogen) atoms.